The predicted molar refractivity (Wildman–Crippen MR) is 61.9 cm³/mol. The van der Waals surface area contributed by atoms with E-state index >= 15 is 0 Å². The summed E-state index contributed by atoms with van der Waals surface area (Å²) in [5, 5.41) is 3.45. The largest absolute Gasteiger partial charge is 0.455 e. The molecule has 1 saturated heterocycles. The standard InChI is InChI=1S/C13H12N2O/c1-2-11-10(14-5-1)6-12(16-11)9-4-3-8-7-15-13(8)9/h1-2,4-6,8,13,15H,3,7H2/t8-,13+/m1/s1. The molecule has 2 aliphatic rings. The van der Waals surface area contributed by atoms with Crippen molar-refractivity contribution in [2.45, 2.75) is 12.5 Å². The van der Waals surface area contributed by atoms with Gasteiger partial charge in [-0.2, -0.15) is 0 Å². The Morgan fingerprint density at radius 2 is 2.44 bits per heavy atom. The molecular formula is C13H12N2O. The number of fused-ring (bicyclic) bond motifs is 2. The van der Waals surface area contributed by atoms with Gasteiger partial charge in [0.05, 0.1) is 0 Å². The summed E-state index contributed by atoms with van der Waals surface area (Å²) in [6, 6.07) is 6.43. The third-order valence-electron chi connectivity index (χ3n) is 3.62. The molecule has 3 heterocycles. The molecule has 4 rings (SSSR count). The first-order valence-electron chi connectivity index (χ1n) is 5.70. The summed E-state index contributed by atoms with van der Waals surface area (Å²) in [6.45, 7) is 1.14. The van der Waals surface area contributed by atoms with Crippen molar-refractivity contribution in [3.05, 3.63) is 36.2 Å². The lowest BCUT2D eigenvalue weighted by atomic mass is 9.90. The fourth-order valence-electron chi connectivity index (χ4n) is 2.66. The van der Waals surface area contributed by atoms with E-state index < -0.39 is 0 Å². The minimum atomic E-state index is 0.514. The van der Waals surface area contributed by atoms with Crippen molar-refractivity contribution in [1.82, 2.24) is 10.3 Å². The van der Waals surface area contributed by atoms with Gasteiger partial charge in [-0.15, -0.1) is 0 Å². The SMILES string of the molecule is C1=C(c2cc3ncccc3o2)[C@H]2NC[C@H]2C1. The highest BCUT2D eigenvalue weighted by atomic mass is 16.3. The van der Waals surface area contributed by atoms with Crippen molar-refractivity contribution in [3.8, 4) is 0 Å². The average Bonchev–Trinajstić information content (AvgIpc) is 2.79. The number of aromatic nitrogens is 1. The zero-order valence-electron chi connectivity index (χ0n) is 8.81. The average molecular weight is 212 g/mol. The molecule has 1 aliphatic heterocycles. The van der Waals surface area contributed by atoms with Crippen LogP contribution in [-0.2, 0) is 0 Å². The Morgan fingerprint density at radius 1 is 1.44 bits per heavy atom. The fraction of sp³-hybridized carbons (Fsp3) is 0.308. The van der Waals surface area contributed by atoms with Gasteiger partial charge in [0, 0.05) is 30.4 Å². The smallest absolute Gasteiger partial charge is 0.153 e. The molecule has 2 aromatic rings. The Hall–Kier alpha value is -1.61. The summed E-state index contributed by atoms with van der Waals surface area (Å²) in [4.78, 5) is 4.29. The molecule has 2 atom stereocenters. The van der Waals surface area contributed by atoms with Gasteiger partial charge >= 0.3 is 0 Å². The van der Waals surface area contributed by atoms with E-state index in [1.165, 1.54) is 12.0 Å². The van der Waals surface area contributed by atoms with E-state index in [2.05, 4.69) is 16.4 Å². The number of allylic oxidation sites excluding steroid dienone is 1. The van der Waals surface area contributed by atoms with Gasteiger partial charge in [0.15, 0.2) is 5.58 Å². The van der Waals surface area contributed by atoms with Crippen LogP contribution in [0.1, 0.15) is 12.2 Å². The zero-order valence-corrected chi connectivity index (χ0v) is 8.81. The quantitative estimate of drug-likeness (QED) is 0.787. The second kappa shape index (κ2) is 2.95. The van der Waals surface area contributed by atoms with Crippen LogP contribution >= 0.6 is 0 Å². The van der Waals surface area contributed by atoms with Crippen molar-refractivity contribution >= 4 is 16.7 Å². The lowest BCUT2D eigenvalue weighted by molar-refractivity contribution is 0.304. The topological polar surface area (TPSA) is 38.1 Å². The molecule has 0 amide bonds. The number of hydrogen-bond acceptors (Lipinski definition) is 3. The van der Waals surface area contributed by atoms with Gasteiger partial charge in [-0.1, -0.05) is 6.08 Å². The lowest BCUT2D eigenvalue weighted by Gasteiger charge is -2.33. The number of pyridine rings is 1. The monoisotopic (exact) mass is 212 g/mol. The van der Waals surface area contributed by atoms with Crippen LogP contribution in [0.4, 0.5) is 0 Å². The molecule has 3 heteroatoms. The van der Waals surface area contributed by atoms with Crippen LogP contribution in [0, 0.1) is 5.92 Å². The van der Waals surface area contributed by atoms with E-state index in [-0.39, 0.29) is 0 Å². The molecule has 16 heavy (non-hydrogen) atoms. The maximum atomic E-state index is 5.83. The summed E-state index contributed by atoms with van der Waals surface area (Å²) in [5.41, 5.74) is 3.14. The van der Waals surface area contributed by atoms with E-state index in [1.807, 2.05) is 18.2 Å². The summed E-state index contributed by atoms with van der Waals surface area (Å²) >= 11 is 0. The molecule has 0 saturated carbocycles. The Bertz CT molecular complexity index is 551. The van der Waals surface area contributed by atoms with Crippen LogP contribution in [0.5, 0.6) is 0 Å². The number of rotatable bonds is 1. The number of nitrogens with zero attached hydrogens (tertiary/aromatic N) is 1. The van der Waals surface area contributed by atoms with Gasteiger partial charge in [0.2, 0.25) is 0 Å². The van der Waals surface area contributed by atoms with Gasteiger partial charge in [-0.25, -0.2) is 0 Å². The molecule has 1 fully saturated rings. The minimum Gasteiger partial charge on any atom is -0.455 e. The molecule has 0 unspecified atom stereocenters. The van der Waals surface area contributed by atoms with Crippen molar-refractivity contribution in [1.29, 1.82) is 0 Å². The van der Waals surface area contributed by atoms with E-state index in [0.717, 1.165) is 29.3 Å². The highest BCUT2D eigenvalue weighted by Crippen LogP contribution is 2.38. The molecular weight excluding hydrogens is 200 g/mol. The van der Waals surface area contributed by atoms with E-state index in [1.54, 1.807) is 6.20 Å². The molecule has 3 nitrogen and oxygen atoms in total. The van der Waals surface area contributed by atoms with Crippen LogP contribution in [0.15, 0.2) is 34.9 Å². The lowest BCUT2D eigenvalue weighted by Crippen LogP contribution is -2.50. The Balaban J connectivity index is 1.82. The number of nitrogens with one attached hydrogen (secondary N) is 1. The molecule has 1 N–H and O–H groups in total. The van der Waals surface area contributed by atoms with Crippen molar-refractivity contribution in [3.63, 3.8) is 0 Å². The summed E-state index contributed by atoms with van der Waals surface area (Å²) in [5.74, 6) is 1.77. The van der Waals surface area contributed by atoms with E-state index in [9.17, 15) is 0 Å². The summed E-state index contributed by atoms with van der Waals surface area (Å²) in [7, 11) is 0. The number of furan rings is 1. The van der Waals surface area contributed by atoms with Gasteiger partial charge < -0.3 is 9.73 Å². The molecule has 1 aliphatic carbocycles. The Labute approximate surface area is 93.2 Å². The number of hydrogen-bond donors (Lipinski definition) is 1. The van der Waals surface area contributed by atoms with E-state index in [4.69, 9.17) is 4.42 Å². The van der Waals surface area contributed by atoms with Crippen LogP contribution in [-0.4, -0.2) is 17.6 Å². The van der Waals surface area contributed by atoms with Crippen LogP contribution < -0.4 is 5.32 Å². The zero-order chi connectivity index (χ0) is 10.5. The van der Waals surface area contributed by atoms with Crippen molar-refractivity contribution in [2.75, 3.05) is 6.54 Å². The van der Waals surface area contributed by atoms with Crippen LogP contribution in [0.2, 0.25) is 0 Å². The highest BCUT2D eigenvalue weighted by Gasteiger charge is 2.38. The molecule has 80 valence electrons. The van der Waals surface area contributed by atoms with E-state index in [0.29, 0.717) is 6.04 Å². The van der Waals surface area contributed by atoms with Crippen LogP contribution in [0.3, 0.4) is 0 Å². The minimum absolute atomic E-state index is 0.514. The Kier molecular flexibility index (Phi) is 1.57. The van der Waals surface area contributed by atoms with Gasteiger partial charge in [-0.05, 0) is 24.5 Å². The molecule has 0 spiro atoms. The third-order valence-corrected chi connectivity index (χ3v) is 3.62. The summed E-state index contributed by atoms with van der Waals surface area (Å²) in [6.07, 6.45) is 5.28. The first-order valence-corrected chi connectivity index (χ1v) is 5.70. The summed E-state index contributed by atoms with van der Waals surface area (Å²) < 4.78 is 5.83. The van der Waals surface area contributed by atoms with Gasteiger partial charge in [-0.3, -0.25) is 4.98 Å². The molecule has 0 bridgehead atoms. The second-order valence-corrected chi connectivity index (χ2v) is 4.54. The maximum absolute atomic E-state index is 5.83. The molecule has 2 aromatic heterocycles. The van der Waals surface area contributed by atoms with Crippen molar-refractivity contribution in [2.24, 2.45) is 5.92 Å². The maximum Gasteiger partial charge on any atom is 0.153 e. The highest BCUT2D eigenvalue weighted by molar-refractivity contribution is 5.80. The molecule has 0 aromatic carbocycles. The predicted octanol–water partition coefficient (Wildman–Crippen LogP) is 2.20. The van der Waals surface area contributed by atoms with Gasteiger partial charge in [0.1, 0.15) is 11.3 Å². The van der Waals surface area contributed by atoms with Crippen molar-refractivity contribution < 1.29 is 4.42 Å². The first kappa shape index (κ1) is 8.53. The first-order chi connectivity index (χ1) is 7.92. The normalized spacial score (nSPS) is 27.6. The van der Waals surface area contributed by atoms with Crippen LogP contribution in [0.25, 0.3) is 16.7 Å². The molecule has 0 radical (unpaired) electrons. The van der Waals surface area contributed by atoms with Gasteiger partial charge in [0.25, 0.3) is 0 Å². The fourth-order valence-corrected chi connectivity index (χ4v) is 2.66. The third kappa shape index (κ3) is 1.04. The second-order valence-electron chi connectivity index (χ2n) is 4.54. The Morgan fingerprint density at radius 3 is 3.19 bits per heavy atom.